The molecule has 358 valence electrons. The zero-order valence-electron chi connectivity index (χ0n) is 44.4. The molecular weight excluding hydrogens is 874 g/mol. The Morgan fingerprint density at radius 1 is 0.597 bits per heavy atom. The minimum Gasteiger partial charge on any atom is -0.455 e. The van der Waals surface area contributed by atoms with Gasteiger partial charge in [0.15, 0.2) is 0 Å². The van der Waals surface area contributed by atoms with E-state index in [2.05, 4.69) is 219 Å². The topological polar surface area (TPSA) is 24.6 Å². The van der Waals surface area contributed by atoms with Crippen LogP contribution in [-0.2, 0) is 27.1 Å². The van der Waals surface area contributed by atoms with Gasteiger partial charge in [0.2, 0.25) is 0 Å². The summed E-state index contributed by atoms with van der Waals surface area (Å²) in [4.78, 5) is 5.15. The number of hydrogen-bond donors (Lipinski definition) is 0. The number of hydrogen-bond acceptors (Lipinski definition) is 3. The molecule has 0 bridgehead atoms. The van der Waals surface area contributed by atoms with Crippen molar-refractivity contribution in [3.8, 4) is 16.8 Å². The zero-order valence-corrected chi connectivity index (χ0v) is 44.4. The highest BCUT2D eigenvalue weighted by Crippen LogP contribution is 2.57. The average molecular weight is 940 g/mol. The van der Waals surface area contributed by atoms with Gasteiger partial charge in [-0.05, 0) is 163 Å². The van der Waals surface area contributed by atoms with Gasteiger partial charge >= 0.3 is 6.85 Å². The largest absolute Gasteiger partial charge is 0.455 e. The van der Waals surface area contributed by atoms with Crippen LogP contribution in [0.1, 0.15) is 141 Å². The van der Waals surface area contributed by atoms with Crippen LogP contribution in [0.5, 0.6) is 0 Å². The maximum absolute atomic E-state index is 7.43. The summed E-state index contributed by atoms with van der Waals surface area (Å²) in [7, 11) is 2.24. The summed E-state index contributed by atoms with van der Waals surface area (Å²) in [6.45, 7) is 31.4. The van der Waals surface area contributed by atoms with Crippen molar-refractivity contribution in [2.24, 2.45) is 0 Å². The lowest BCUT2D eigenvalue weighted by atomic mass is 9.43. The van der Waals surface area contributed by atoms with Gasteiger partial charge in [0.1, 0.15) is 11.2 Å². The van der Waals surface area contributed by atoms with Crippen LogP contribution in [0.15, 0.2) is 132 Å². The van der Waals surface area contributed by atoms with Crippen LogP contribution in [0.25, 0.3) is 71.8 Å². The average Bonchev–Trinajstić information content (AvgIpc) is 3.90. The first-order valence-electron chi connectivity index (χ1n) is 26.6. The number of benzene rings is 7. The number of nitrogens with zero attached hydrogens (tertiary/aromatic N) is 3. The molecule has 0 radical (unpaired) electrons. The Morgan fingerprint density at radius 2 is 1.21 bits per heavy atom. The fraction of sp³-hybridized carbons (Fsp3) is 0.313. The Labute approximate surface area is 426 Å². The third-order valence-corrected chi connectivity index (χ3v) is 18.7. The van der Waals surface area contributed by atoms with Gasteiger partial charge in [-0.3, -0.25) is 0 Å². The van der Waals surface area contributed by atoms with Gasteiger partial charge in [0.05, 0.1) is 22.1 Å². The molecule has 3 aliphatic heterocycles. The summed E-state index contributed by atoms with van der Waals surface area (Å²) in [5.74, 6) is 0. The van der Waals surface area contributed by atoms with Crippen molar-refractivity contribution in [1.82, 2.24) is 4.57 Å². The number of para-hydroxylation sites is 1. The second kappa shape index (κ2) is 14.1. The molecule has 0 saturated carbocycles. The van der Waals surface area contributed by atoms with Gasteiger partial charge in [0.25, 0.3) is 0 Å². The summed E-state index contributed by atoms with van der Waals surface area (Å²) in [6, 6.07) is 44.8. The van der Waals surface area contributed by atoms with E-state index in [9.17, 15) is 0 Å². The highest BCUT2D eigenvalue weighted by atomic mass is 16.3. The maximum atomic E-state index is 7.43. The van der Waals surface area contributed by atoms with Crippen LogP contribution in [0.2, 0.25) is 0 Å². The van der Waals surface area contributed by atoms with Crippen LogP contribution in [0, 0.1) is 0 Å². The maximum Gasteiger partial charge on any atom is 0.333 e. The molecule has 0 saturated heterocycles. The normalized spacial score (nSPS) is 18.8. The summed E-state index contributed by atoms with van der Waals surface area (Å²) >= 11 is 0. The molecule has 7 aromatic carbocycles. The number of allylic oxidation sites excluding steroid dienone is 2. The Kier molecular flexibility index (Phi) is 8.60. The molecule has 0 amide bonds. The first kappa shape index (κ1) is 44.0. The van der Waals surface area contributed by atoms with Gasteiger partial charge < -0.3 is 18.7 Å². The van der Waals surface area contributed by atoms with Crippen molar-refractivity contribution in [1.29, 1.82) is 0 Å². The van der Waals surface area contributed by atoms with Gasteiger partial charge in [-0.2, -0.15) is 0 Å². The predicted molar refractivity (Wildman–Crippen MR) is 308 cm³/mol. The number of rotatable bonds is 2. The standard InChI is InChI=1S/C67H66BN3O/c1-38-31-51(39-19-15-14-16-20-39)69(13)52-37-55-50(34-43(38)52)68-60-57(45-33-47-49(67(11,12)30-28-65(47,7)8)36-54(45)71(68)41-25-23-40(24-26-41)63(2,3)4)58-42-21-17-18-22-56(42)72-62(58)59-44-32-46-48(35-53(44)70(55)61(59)60)66(9,10)29-27-64(46,5)6/h14-26,31-37H,1,27-30H2,2-13H3. The summed E-state index contributed by atoms with van der Waals surface area (Å²) in [5.41, 5.74) is 26.3. The van der Waals surface area contributed by atoms with E-state index in [-0.39, 0.29) is 33.9 Å². The van der Waals surface area contributed by atoms with Gasteiger partial charge in [0, 0.05) is 57.1 Å². The van der Waals surface area contributed by atoms with E-state index in [0.29, 0.717) is 0 Å². The van der Waals surface area contributed by atoms with E-state index in [1.165, 1.54) is 116 Å². The Balaban J connectivity index is 1.21. The Morgan fingerprint density at radius 3 is 1.88 bits per heavy atom. The first-order chi connectivity index (χ1) is 34.1. The molecule has 2 aromatic heterocycles. The van der Waals surface area contributed by atoms with Crippen molar-refractivity contribution in [3.63, 3.8) is 0 Å². The molecule has 2 aliphatic carbocycles. The van der Waals surface area contributed by atoms with Crippen molar-refractivity contribution in [2.45, 2.75) is 129 Å². The number of anilines is 3. The lowest BCUT2D eigenvalue weighted by molar-refractivity contribution is 0.332. The van der Waals surface area contributed by atoms with Crippen molar-refractivity contribution < 1.29 is 4.42 Å². The van der Waals surface area contributed by atoms with E-state index in [0.717, 1.165) is 48.1 Å². The molecule has 5 aliphatic rings. The Bertz CT molecular complexity index is 3940. The van der Waals surface area contributed by atoms with E-state index in [1.54, 1.807) is 0 Å². The SMILES string of the molecule is C=C1C=C(c2ccccc2)N(C)c2cc3c(cc21)B1c2c(c4c5ccccc5oc4c4c5cc6c(cc5n-3c24)C(C)(C)CCC6(C)C)-c2cc3c(cc2N1c1ccc(C(C)(C)C)cc1)C(C)(C)CCC3(C)C. The van der Waals surface area contributed by atoms with Crippen molar-refractivity contribution in [3.05, 3.63) is 167 Å². The molecule has 0 spiro atoms. The van der Waals surface area contributed by atoms with E-state index < -0.39 is 0 Å². The van der Waals surface area contributed by atoms with Crippen LogP contribution in [-0.4, -0.2) is 18.5 Å². The van der Waals surface area contributed by atoms with Crippen molar-refractivity contribution in [2.75, 3.05) is 16.8 Å². The van der Waals surface area contributed by atoms with E-state index >= 15 is 0 Å². The van der Waals surface area contributed by atoms with Crippen LogP contribution in [0.3, 0.4) is 0 Å². The minimum atomic E-state index is -0.177. The van der Waals surface area contributed by atoms with Gasteiger partial charge in [-0.15, -0.1) is 0 Å². The molecule has 0 N–H and O–H groups in total. The first-order valence-corrected chi connectivity index (χ1v) is 26.6. The lowest BCUT2D eigenvalue weighted by Gasteiger charge is -2.47. The predicted octanol–water partition coefficient (Wildman–Crippen LogP) is 16.4. The molecule has 72 heavy (non-hydrogen) atoms. The molecule has 9 aromatic rings. The van der Waals surface area contributed by atoms with E-state index in [1.807, 2.05) is 0 Å². The molecule has 5 heteroatoms. The fourth-order valence-electron chi connectivity index (χ4n) is 14.2. The van der Waals surface area contributed by atoms with Crippen molar-refractivity contribution >= 4 is 89.8 Å². The highest BCUT2D eigenvalue weighted by Gasteiger charge is 2.49. The van der Waals surface area contributed by atoms with Crippen LogP contribution < -0.4 is 20.6 Å². The zero-order chi connectivity index (χ0) is 49.9. The molecule has 0 fully saturated rings. The summed E-state index contributed by atoms with van der Waals surface area (Å²) in [6.07, 6.45) is 6.87. The third-order valence-electron chi connectivity index (χ3n) is 18.7. The molecule has 0 unspecified atom stereocenters. The smallest absolute Gasteiger partial charge is 0.333 e. The summed E-state index contributed by atoms with van der Waals surface area (Å²) < 4.78 is 10.1. The second-order valence-electron chi connectivity index (χ2n) is 26.0. The molecular formula is C67H66BN3O. The minimum absolute atomic E-state index is 0.00525. The molecule has 14 rings (SSSR count). The fourth-order valence-corrected chi connectivity index (χ4v) is 14.2. The van der Waals surface area contributed by atoms with Gasteiger partial charge in [-0.25, -0.2) is 0 Å². The number of fused-ring (bicyclic) bond motifs is 16. The molecule has 4 nitrogen and oxygen atoms in total. The van der Waals surface area contributed by atoms with Gasteiger partial charge in [-0.1, -0.05) is 149 Å². The second-order valence-corrected chi connectivity index (χ2v) is 26.0. The summed E-state index contributed by atoms with van der Waals surface area (Å²) in [5, 5.41) is 4.90. The van der Waals surface area contributed by atoms with E-state index in [4.69, 9.17) is 11.0 Å². The quantitative estimate of drug-likeness (QED) is 0.161. The molecule has 0 atom stereocenters. The Hall–Kier alpha value is -6.72. The highest BCUT2D eigenvalue weighted by molar-refractivity contribution is 6.94. The van der Waals surface area contributed by atoms with Crippen LogP contribution in [0.4, 0.5) is 17.1 Å². The monoisotopic (exact) mass is 940 g/mol. The number of furan rings is 1. The number of aromatic nitrogens is 1. The van der Waals surface area contributed by atoms with Crippen LogP contribution >= 0.6 is 0 Å². The lowest BCUT2D eigenvalue weighted by Crippen LogP contribution is -2.61. The molecule has 5 heterocycles. The third kappa shape index (κ3) is 5.77.